The number of allylic oxidation sites excluding steroid dienone is 3. The minimum absolute atomic E-state index is 0.908. The van der Waals surface area contributed by atoms with E-state index in [4.69, 9.17) is 0 Å². The third kappa shape index (κ3) is 1.58. The zero-order valence-corrected chi connectivity index (χ0v) is 9.62. The molecule has 0 heteroatoms. The van der Waals surface area contributed by atoms with E-state index in [-0.39, 0.29) is 0 Å². The average molecular weight is 202 g/mol. The molecule has 4 unspecified atom stereocenters. The molecule has 3 rings (SSSR count). The van der Waals surface area contributed by atoms with Crippen LogP contribution in [0.3, 0.4) is 0 Å². The van der Waals surface area contributed by atoms with Gasteiger partial charge in [-0.3, -0.25) is 0 Å². The monoisotopic (exact) mass is 202 g/mol. The lowest BCUT2D eigenvalue weighted by atomic mass is 9.63. The Morgan fingerprint density at radius 2 is 2.00 bits per heavy atom. The fourth-order valence-electron chi connectivity index (χ4n) is 4.42. The molecule has 2 saturated carbocycles. The third-order valence-electron chi connectivity index (χ3n) is 5.15. The fourth-order valence-corrected chi connectivity index (χ4v) is 4.42. The highest BCUT2D eigenvalue weighted by Gasteiger charge is 2.41. The molecule has 0 radical (unpaired) electrons. The van der Waals surface area contributed by atoms with E-state index in [9.17, 15) is 0 Å². The Morgan fingerprint density at radius 3 is 2.87 bits per heavy atom. The van der Waals surface area contributed by atoms with Gasteiger partial charge in [0.1, 0.15) is 0 Å². The van der Waals surface area contributed by atoms with Crippen molar-refractivity contribution in [1.29, 1.82) is 0 Å². The first-order chi connectivity index (χ1) is 7.38. The summed E-state index contributed by atoms with van der Waals surface area (Å²) in [6, 6.07) is 0. The lowest BCUT2D eigenvalue weighted by molar-refractivity contribution is 0.123. The molecule has 0 aromatic rings. The molecule has 0 saturated heterocycles. The van der Waals surface area contributed by atoms with E-state index >= 15 is 0 Å². The summed E-state index contributed by atoms with van der Waals surface area (Å²) in [5, 5.41) is 0. The molecular formula is C15H22. The lowest BCUT2D eigenvalue weighted by Crippen LogP contribution is -2.32. The Hall–Kier alpha value is -0.520. The average Bonchev–Trinajstić information content (AvgIpc) is 2.76. The van der Waals surface area contributed by atoms with E-state index in [2.05, 4.69) is 18.7 Å². The SMILES string of the molecule is C=CC1=CC2CCC3CCCC3C2CC1. The second-order valence-electron chi connectivity index (χ2n) is 5.74. The van der Waals surface area contributed by atoms with E-state index in [1.807, 2.05) is 0 Å². The van der Waals surface area contributed by atoms with Crippen LogP contribution >= 0.6 is 0 Å². The number of fused-ring (bicyclic) bond motifs is 3. The van der Waals surface area contributed by atoms with Crippen LogP contribution in [0.1, 0.15) is 44.9 Å². The predicted molar refractivity (Wildman–Crippen MR) is 64.6 cm³/mol. The van der Waals surface area contributed by atoms with E-state index in [0.29, 0.717) is 0 Å². The van der Waals surface area contributed by atoms with Gasteiger partial charge in [0.25, 0.3) is 0 Å². The quantitative estimate of drug-likeness (QED) is 0.593. The van der Waals surface area contributed by atoms with Crippen LogP contribution in [0, 0.1) is 23.7 Å². The lowest BCUT2D eigenvalue weighted by Gasteiger charge is -2.41. The molecular weight excluding hydrogens is 180 g/mol. The van der Waals surface area contributed by atoms with Crippen LogP contribution in [0.15, 0.2) is 24.3 Å². The van der Waals surface area contributed by atoms with Crippen molar-refractivity contribution >= 4 is 0 Å². The van der Waals surface area contributed by atoms with Crippen molar-refractivity contribution in [2.75, 3.05) is 0 Å². The fraction of sp³-hybridized carbons (Fsp3) is 0.733. The standard InChI is InChI=1S/C15H22/c1-2-11-6-9-15-13(10-11)8-7-12-4-3-5-14(12)15/h2,10,12-15H,1,3-9H2. The Kier molecular flexibility index (Phi) is 2.46. The second-order valence-corrected chi connectivity index (χ2v) is 5.74. The largest absolute Gasteiger partial charge is 0.0988 e. The van der Waals surface area contributed by atoms with E-state index in [1.54, 1.807) is 0 Å². The molecule has 82 valence electrons. The van der Waals surface area contributed by atoms with Gasteiger partial charge in [-0.15, -0.1) is 0 Å². The first-order valence-corrected chi connectivity index (χ1v) is 6.71. The van der Waals surface area contributed by atoms with Gasteiger partial charge in [-0.05, 0) is 55.8 Å². The summed E-state index contributed by atoms with van der Waals surface area (Å²) in [6.45, 7) is 3.92. The minimum atomic E-state index is 0.908. The summed E-state index contributed by atoms with van der Waals surface area (Å²) in [7, 11) is 0. The first-order valence-electron chi connectivity index (χ1n) is 6.71. The van der Waals surface area contributed by atoms with Crippen molar-refractivity contribution in [1.82, 2.24) is 0 Å². The molecule has 4 atom stereocenters. The number of hydrogen-bond donors (Lipinski definition) is 0. The Bertz CT molecular complexity index is 286. The maximum Gasteiger partial charge on any atom is -0.0196 e. The molecule has 0 amide bonds. The third-order valence-corrected chi connectivity index (χ3v) is 5.15. The number of rotatable bonds is 1. The van der Waals surface area contributed by atoms with Gasteiger partial charge < -0.3 is 0 Å². The maximum absolute atomic E-state index is 3.92. The molecule has 3 aliphatic carbocycles. The molecule has 3 aliphatic rings. The van der Waals surface area contributed by atoms with Crippen molar-refractivity contribution in [2.45, 2.75) is 44.9 Å². The van der Waals surface area contributed by atoms with Crippen LogP contribution in [0.25, 0.3) is 0 Å². The van der Waals surface area contributed by atoms with Crippen molar-refractivity contribution < 1.29 is 0 Å². The van der Waals surface area contributed by atoms with Crippen molar-refractivity contribution in [2.24, 2.45) is 23.7 Å². The Morgan fingerprint density at radius 1 is 1.07 bits per heavy atom. The van der Waals surface area contributed by atoms with Gasteiger partial charge in [0.05, 0.1) is 0 Å². The highest BCUT2D eigenvalue weighted by molar-refractivity contribution is 5.21. The van der Waals surface area contributed by atoms with Crippen LogP contribution in [-0.2, 0) is 0 Å². The molecule has 0 bridgehead atoms. The molecule has 0 nitrogen and oxygen atoms in total. The molecule has 0 aromatic heterocycles. The van der Waals surface area contributed by atoms with Gasteiger partial charge in [-0.1, -0.05) is 37.1 Å². The Balaban J connectivity index is 1.81. The van der Waals surface area contributed by atoms with Crippen molar-refractivity contribution in [3.8, 4) is 0 Å². The van der Waals surface area contributed by atoms with Crippen LogP contribution in [0.4, 0.5) is 0 Å². The molecule has 0 N–H and O–H groups in total. The van der Waals surface area contributed by atoms with Gasteiger partial charge in [0.15, 0.2) is 0 Å². The van der Waals surface area contributed by atoms with Gasteiger partial charge in [0.2, 0.25) is 0 Å². The van der Waals surface area contributed by atoms with Crippen LogP contribution < -0.4 is 0 Å². The zero-order chi connectivity index (χ0) is 10.3. The summed E-state index contributed by atoms with van der Waals surface area (Å²) in [5.41, 5.74) is 1.52. The van der Waals surface area contributed by atoms with E-state index < -0.39 is 0 Å². The number of hydrogen-bond acceptors (Lipinski definition) is 0. The van der Waals surface area contributed by atoms with Crippen molar-refractivity contribution in [3.63, 3.8) is 0 Å². The van der Waals surface area contributed by atoms with E-state index in [0.717, 1.165) is 23.7 Å². The first kappa shape index (κ1) is 9.69. The molecule has 0 aliphatic heterocycles. The summed E-state index contributed by atoms with van der Waals surface area (Å²) >= 11 is 0. The van der Waals surface area contributed by atoms with Crippen LogP contribution in [0.2, 0.25) is 0 Å². The van der Waals surface area contributed by atoms with Gasteiger partial charge >= 0.3 is 0 Å². The highest BCUT2D eigenvalue weighted by Crippen LogP contribution is 2.51. The zero-order valence-electron chi connectivity index (χ0n) is 9.62. The highest BCUT2D eigenvalue weighted by atomic mass is 14.5. The van der Waals surface area contributed by atoms with Crippen molar-refractivity contribution in [3.05, 3.63) is 24.3 Å². The topological polar surface area (TPSA) is 0 Å². The van der Waals surface area contributed by atoms with Gasteiger partial charge in [-0.25, -0.2) is 0 Å². The molecule has 2 fully saturated rings. The minimum Gasteiger partial charge on any atom is -0.0988 e. The molecule has 0 heterocycles. The smallest absolute Gasteiger partial charge is 0.0196 e. The predicted octanol–water partition coefficient (Wildman–Crippen LogP) is 4.34. The Labute approximate surface area is 93.5 Å². The van der Waals surface area contributed by atoms with Crippen LogP contribution in [0.5, 0.6) is 0 Å². The molecule has 0 aromatic carbocycles. The summed E-state index contributed by atoms with van der Waals surface area (Å²) < 4.78 is 0. The summed E-state index contributed by atoms with van der Waals surface area (Å²) in [5.74, 6) is 4.14. The van der Waals surface area contributed by atoms with Crippen LogP contribution in [-0.4, -0.2) is 0 Å². The molecule has 0 spiro atoms. The molecule has 15 heavy (non-hydrogen) atoms. The summed E-state index contributed by atoms with van der Waals surface area (Å²) in [4.78, 5) is 0. The van der Waals surface area contributed by atoms with Gasteiger partial charge in [-0.2, -0.15) is 0 Å². The second kappa shape index (κ2) is 3.81. The van der Waals surface area contributed by atoms with E-state index in [1.165, 1.54) is 50.5 Å². The normalized spacial score (nSPS) is 44.1. The summed E-state index contributed by atoms with van der Waals surface area (Å²) in [6.07, 6.45) is 14.9. The van der Waals surface area contributed by atoms with Gasteiger partial charge in [0, 0.05) is 0 Å². The maximum atomic E-state index is 3.92.